The molecule has 1 amide bonds. The van der Waals surface area contributed by atoms with Crippen LogP contribution in [0.1, 0.15) is 24.1 Å². The van der Waals surface area contributed by atoms with Crippen LogP contribution in [-0.4, -0.2) is 25.0 Å². The van der Waals surface area contributed by atoms with Crippen molar-refractivity contribution in [2.45, 2.75) is 25.3 Å². The van der Waals surface area contributed by atoms with E-state index in [1.807, 2.05) is 19.1 Å². The molecule has 0 spiro atoms. The lowest BCUT2D eigenvalue weighted by Crippen LogP contribution is -2.38. The number of hydrogen-bond donors (Lipinski definition) is 2. The van der Waals surface area contributed by atoms with Gasteiger partial charge in [-0.2, -0.15) is 0 Å². The molecule has 0 radical (unpaired) electrons. The predicted molar refractivity (Wildman–Crippen MR) is 69.9 cm³/mol. The highest BCUT2D eigenvalue weighted by Gasteiger charge is 2.22. The molecule has 3 nitrogen and oxygen atoms in total. The molecule has 2 rings (SSSR count). The summed E-state index contributed by atoms with van der Waals surface area (Å²) in [6, 6.07) is 4.30. The fraction of sp³-hybridized carbons (Fsp3) is 0.545. The lowest BCUT2D eigenvalue weighted by atomic mass is 10.1. The number of carbonyl (C=O) groups is 1. The van der Waals surface area contributed by atoms with Gasteiger partial charge < -0.3 is 10.6 Å². The summed E-state index contributed by atoms with van der Waals surface area (Å²) in [4.78, 5) is 13.1. The minimum Gasteiger partial charge on any atom is -0.351 e. The summed E-state index contributed by atoms with van der Waals surface area (Å²) >= 11 is 5.04. The van der Waals surface area contributed by atoms with Gasteiger partial charge in [0.1, 0.15) is 0 Å². The molecule has 0 aliphatic carbocycles. The Morgan fingerprint density at radius 3 is 3.06 bits per heavy atom. The largest absolute Gasteiger partial charge is 0.351 e. The monoisotopic (exact) mass is 302 g/mol. The van der Waals surface area contributed by atoms with Crippen molar-refractivity contribution in [3.8, 4) is 0 Å². The molecule has 0 bridgehead atoms. The van der Waals surface area contributed by atoms with Gasteiger partial charge in [-0.1, -0.05) is 0 Å². The summed E-state index contributed by atoms with van der Waals surface area (Å²) in [5, 5.41) is 6.32. The molecule has 2 atom stereocenters. The summed E-state index contributed by atoms with van der Waals surface area (Å²) in [6.07, 6.45) is 1.03. The van der Waals surface area contributed by atoms with Crippen LogP contribution in [0.5, 0.6) is 0 Å². The van der Waals surface area contributed by atoms with E-state index in [-0.39, 0.29) is 11.8 Å². The summed E-state index contributed by atoms with van der Waals surface area (Å²) in [6.45, 7) is 3.85. The van der Waals surface area contributed by atoms with E-state index in [1.54, 1.807) is 11.3 Å². The molecule has 88 valence electrons. The molecule has 2 N–H and O–H groups in total. The Labute approximate surface area is 108 Å². The second kappa shape index (κ2) is 5.29. The van der Waals surface area contributed by atoms with Crippen molar-refractivity contribution in [2.75, 3.05) is 13.1 Å². The van der Waals surface area contributed by atoms with E-state index in [0.29, 0.717) is 6.04 Å². The zero-order valence-electron chi connectivity index (χ0n) is 9.13. The first-order chi connectivity index (χ1) is 7.66. The van der Waals surface area contributed by atoms with Gasteiger partial charge in [0, 0.05) is 17.5 Å². The van der Waals surface area contributed by atoms with Crippen LogP contribution in [0, 0.1) is 0 Å². The van der Waals surface area contributed by atoms with Gasteiger partial charge in [0.15, 0.2) is 0 Å². The second-order valence-corrected chi connectivity index (χ2v) is 6.56. The van der Waals surface area contributed by atoms with Crippen LogP contribution in [0.2, 0.25) is 0 Å². The van der Waals surface area contributed by atoms with Crippen molar-refractivity contribution in [3.05, 3.63) is 20.8 Å². The Kier molecular flexibility index (Phi) is 4.00. The average Bonchev–Trinajstić information content (AvgIpc) is 2.88. The Hall–Kier alpha value is -0.390. The molecule has 2 heterocycles. The number of nitrogens with one attached hydrogen (secondary N) is 2. The molecule has 1 aromatic heterocycles. The Bertz CT molecular complexity index is 374. The van der Waals surface area contributed by atoms with Crippen molar-refractivity contribution in [2.24, 2.45) is 0 Å². The number of rotatable bonds is 3. The third-order valence-electron chi connectivity index (χ3n) is 2.82. The van der Waals surface area contributed by atoms with Crippen LogP contribution in [0.4, 0.5) is 0 Å². The van der Waals surface area contributed by atoms with E-state index < -0.39 is 0 Å². The van der Waals surface area contributed by atoms with Crippen molar-refractivity contribution < 1.29 is 4.79 Å². The second-order valence-electron chi connectivity index (χ2n) is 4.06. The third-order valence-corrected chi connectivity index (χ3v) is 4.63. The number of thiophene rings is 1. The van der Waals surface area contributed by atoms with Crippen molar-refractivity contribution in [1.29, 1.82) is 0 Å². The van der Waals surface area contributed by atoms with E-state index in [9.17, 15) is 4.79 Å². The SMILES string of the molecule is CC(C(=O)NC1CCNC1)c1ccc(Br)s1. The van der Waals surface area contributed by atoms with Crippen LogP contribution in [0.3, 0.4) is 0 Å². The van der Waals surface area contributed by atoms with Gasteiger partial charge >= 0.3 is 0 Å². The molecule has 16 heavy (non-hydrogen) atoms. The van der Waals surface area contributed by atoms with Gasteiger partial charge in [-0.25, -0.2) is 0 Å². The Morgan fingerprint density at radius 1 is 1.69 bits per heavy atom. The van der Waals surface area contributed by atoms with Crippen LogP contribution in [0.25, 0.3) is 0 Å². The summed E-state index contributed by atoms with van der Waals surface area (Å²) in [5.74, 6) is 0.0694. The molecular weight excluding hydrogens is 288 g/mol. The zero-order valence-corrected chi connectivity index (χ0v) is 11.5. The fourth-order valence-corrected chi connectivity index (χ4v) is 3.27. The minimum absolute atomic E-state index is 0.0584. The summed E-state index contributed by atoms with van der Waals surface area (Å²) in [7, 11) is 0. The van der Waals surface area contributed by atoms with Gasteiger partial charge in [0.2, 0.25) is 5.91 Å². The van der Waals surface area contributed by atoms with Crippen LogP contribution in [-0.2, 0) is 4.79 Å². The maximum Gasteiger partial charge on any atom is 0.228 e. The van der Waals surface area contributed by atoms with Crippen LogP contribution in [0.15, 0.2) is 15.9 Å². The maximum absolute atomic E-state index is 12.0. The van der Waals surface area contributed by atoms with Crippen molar-refractivity contribution in [3.63, 3.8) is 0 Å². The topological polar surface area (TPSA) is 41.1 Å². The average molecular weight is 303 g/mol. The Morgan fingerprint density at radius 2 is 2.50 bits per heavy atom. The summed E-state index contributed by atoms with van der Waals surface area (Å²) < 4.78 is 1.07. The number of hydrogen-bond acceptors (Lipinski definition) is 3. The van der Waals surface area contributed by atoms with Crippen molar-refractivity contribution in [1.82, 2.24) is 10.6 Å². The molecular formula is C11H15BrN2OS. The van der Waals surface area contributed by atoms with Gasteiger partial charge in [0.25, 0.3) is 0 Å². The van der Waals surface area contributed by atoms with E-state index >= 15 is 0 Å². The van der Waals surface area contributed by atoms with E-state index in [1.165, 1.54) is 0 Å². The summed E-state index contributed by atoms with van der Waals surface area (Å²) in [5.41, 5.74) is 0. The number of halogens is 1. The molecule has 1 fully saturated rings. The van der Waals surface area contributed by atoms with E-state index in [2.05, 4.69) is 26.6 Å². The fourth-order valence-electron chi connectivity index (χ4n) is 1.79. The normalized spacial score (nSPS) is 22.0. The lowest BCUT2D eigenvalue weighted by Gasteiger charge is -2.15. The van der Waals surface area contributed by atoms with E-state index in [4.69, 9.17) is 0 Å². The van der Waals surface area contributed by atoms with E-state index in [0.717, 1.165) is 28.2 Å². The quantitative estimate of drug-likeness (QED) is 0.898. The molecule has 0 aromatic carbocycles. The first kappa shape index (κ1) is 12.1. The first-order valence-electron chi connectivity index (χ1n) is 5.43. The number of amides is 1. The van der Waals surface area contributed by atoms with Gasteiger partial charge in [-0.15, -0.1) is 11.3 Å². The molecule has 1 aromatic rings. The molecule has 2 unspecified atom stereocenters. The van der Waals surface area contributed by atoms with Crippen LogP contribution >= 0.6 is 27.3 Å². The standard InChI is InChI=1S/C11H15BrN2OS/c1-7(9-2-3-10(12)16-9)11(15)14-8-4-5-13-6-8/h2-3,7-8,13H,4-6H2,1H3,(H,14,15). The zero-order chi connectivity index (χ0) is 11.5. The Balaban J connectivity index is 1.93. The molecule has 5 heteroatoms. The highest BCUT2D eigenvalue weighted by Crippen LogP contribution is 2.28. The van der Waals surface area contributed by atoms with Gasteiger partial charge in [-0.3, -0.25) is 4.79 Å². The highest BCUT2D eigenvalue weighted by atomic mass is 79.9. The van der Waals surface area contributed by atoms with Gasteiger partial charge in [0.05, 0.1) is 9.70 Å². The first-order valence-corrected chi connectivity index (χ1v) is 7.04. The third kappa shape index (κ3) is 2.84. The molecule has 1 aliphatic heterocycles. The minimum atomic E-state index is -0.0584. The molecule has 1 aliphatic rings. The number of carbonyl (C=O) groups excluding carboxylic acids is 1. The lowest BCUT2D eigenvalue weighted by molar-refractivity contribution is -0.122. The molecule has 1 saturated heterocycles. The van der Waals surface area contributed by atoms with Crippen molar-refractivity contribution >= 4 is 33.2 Å². The van der Waals surface area contributed by atoms with Gasteiger partial charge in [-0.05, 0) is 48.0 Å². The molecule has 0 saturated carbocycles. The smallest absolute Gasteiger partial charge is 0.228 e. The highest BCUT2D eigenvalue weighted by molar-refractivity contribution is 9.11. The maximum atomic E-state index is 12.0. The predicted octanol–water partition coefficient (Wildman–Crippen LogP) is 2.09. The van der Waals surface area contributed by atoms with Crippen LogP contribution < -0.4 is 10.6 Å².